The number of furan rings is 1. The van der Waals surface area contributed by atoms with Gasteiger partial charge in [0.25, 0.3) is 0 Å². The zero-order valence-electron chi connectivity index (χ0n) is 20.0. The van der Waals surface area contributed by atoms with Gasteiger partial charge in [0.2, 0.25) is 11.8 Å². The molecule has 1 aromatic carbocycles. The number of aryl methyl sites for hydroxylation is 1. The third kappa shape index (κ3) is 8.33. The van der Waals surface area contributed by atoms with E-state index in [0.29, 0.717) is 26.1 Å². The maximum absolute atomic E-state index is 13.5. The predicted octanol–water partition coefficient (Wildman–Crippen LogP) is 3.47. The van der Waals surface area contributed by atoms with Crippen LogP contribution >= 0.6 is 0 Å². The van der Waals surface area contributed by atoms with E-state index in [1.54, 1.807) is 9.80 Å². The summed E-state index contributed by atoms with van der Waals surface area (Å²) in [6, 6.07) is 13.7. The van der Waals surface area contributed by atoms with E-state index in [1.165, 1.54) is 0 Å². The van der Waals surface area contributed by atoms with Crippen LogP contribution in [-0.2, 0) is 27.4 Å². The molecule has 0 saturated carbocycles. The molecule has 0 atom stereocenters. The molecular weight excluding hydrogens is 418 g/mol. The lowest BCUT2D eigenvalue weighted by atomic mass is 10.2. The maximum Gasteiger partial charge on any atom is 0.242 e. The Morgan fingerprint density at radius 1 is 0.970 bits per heavy atom. The molecule has 7 nitrogen and oxygen atoms in total. The molecule has 2 heterocycles. The molecule has 0 radical (unpaired) electrons. The minimum absolute atomic E-state index is 0.0481. The Balaban J connectivity index is 1.69. The van der Waals surface area contributed by atoms with E-state index in [4.69, 9.17) is 9.15 Å². The van der Waals surface area contributed by atoms with Crippen LogP contribution in [0.1, 0.15) is 43.3 Å². The summed E-state index contributed by atoms with van der Waals surface area (Å²) in [5.41, 5.74) is 1.05. The second-order valence-corrected chi connectivity index (χ2v) is 8.62. The molecule has 180 valence electrons. The van der Waals surface area contributed by atoms with Gasteiger partial charge in [-0.1, -0.05) is 43.7 Å². The van der Waals surface area contributed by atoms with Gasteiger partial charge < -0.3 is 19.0 Å². The molecule has 0 aliphatic carbocycles. The summed E-state index contributed by atoms with van der Waals surface area (Å²) < 4.78 is 11.2. The van der Waals surface area contributed by atoms with Gasteiger partial charge in [-0.25, -0.2) is 0 Å². The van der Waals surface area contributed by atoms with E-state index in [1.807, 2.05) is 49.4 Å². The van der Waals surface area contributed by atoms with E-state index >= 15 is 0 Å². The summed E-state index contributed by atoms with van der Waals surface area (Å²) >= 11 is 0. The average Bonchev–Trinajstić information content (AvgIpc) is 3.25. The number of rotatable bonds is 12. The molecule has 0 unspecified atom stereocenters. The van der Waals surface area contributed by atoms with Gasteiger partial charge in [0.05, 0.1) is 26.3 Å². The number of benzene rings is 1. The number of unbranched alkanes of at least 4 members (excludes halogenated alkanes) is 1. The predicted molar refractivity (Wildman–Crippen MR) is 128 cm³/mol. The van der Waals surface area contributed by atoms with Gasteiger partial charge in [-0.05, 0) is 31.0 Å². The van der Waals surface area contributed by atoms with Crippen LogP contribution in [-0.4, -0.2) is 72.5 Å². The highest BCUT2D eigenvalue weighted by atomic mass is 16.5. The van der Waals surface area contributed by atoms with Crippen LogP contribution in [0.2, 0.25) is 0 Å². The molecule has 1 saturated heterocycles. The topological polar surface area (TPSA) is 66.2 Å². The lowest BCUT2D eigenvalue weighted by Crippen LogP contribution is -2.47. The number of carbonyl (C=O) groups excluding carboxylic acids is 2. The van der Waals surface area contributed by atoms with Gasteiger partial charge in [-0.3, -0.25) is 14.5 Å². The highest BCUT2D eigenvalue weighted by Gasteiger charge is 2.23. The molecule has 1 aromatic heterocycles. The lowest BCUT2D eigenvalue weighted by Gasteiger charge is -2.31. The van der Waals surface area contributed by atoms with Crippen molar-refractivity contribution in [3.05, 3.63) is 59.5 Å². The van der Waals surface area contributed by atoms with Crippen LogP contribution in [0.25, 0.3) is 0 Å². The Labute approximate surface area is 197 Å². The first-order valence-electron chi connectivity index (χ1n) is 12.0. The Morgan fingerprint density at radius 2 is 1.73 bits per heavy atom. The van der Waals surface area contributed by atoms with Crippen molar-refractivity contribution in [2.75, 3.05) is 45.9 Å². The van der Waals surface area contributed by atoms with Crippen molar-refractivity contribution in [3.8, 4) is 0 Å². The molecule has 2 aromatic rings. The van der Waals surface area contributed by atoms with Crippen molar-refractivity contribution in [2.45, 2.75) is 46.2 Å². The van der Waals surface area contributed by atoms with E-state index in [9.17, 15) is 9.59 Å². The van der Waals surface area contributed by atoms with Gasteiger partial charge in [-0.15, -0.1) is 0 Å². The van der Waals surface area contributed by atoms with Crippen molar-refractivity contribution in [3.63, 3.8) is 0 Å². The number of ether oxygens (including phenoxy) is 1. The number of morpholine rings is 1. The Bertz CT molecular complexity index is 861. The summed E-state index contributed by atoms with van der Waals surface area (Å²) in [6.07, 6.45) is 2.26. The van der Waals surface area contributed by atoms with Crippen LogP contribution in [0.3, 0.4) is 0 Å². The Kier molecular flexibility index (Phi) is 9.97. The smallest absolute Gasteiger partial charge is 0.242 e. The van der Waals surface area contributed by atoms with Crippen LogP contribution in [0.15, 0.2) is 46.9 Å². The third-order valence-electron chi connectivity index (χ3n) is 5.92. The maximum atomic E-state index is 13.5. The second kappa shape index (κ2) is 13.2. The largest absolute Gasteiger partial charge is 0.464 e. The minimum Gasteiger partial charge on any atom is -0.464 e. The number of hydrogen-bond donors (Lipinski definition) is 0. The number of amides is 2. The first kappa shape index (κ1) is 25.0. The Morgan fingerprint density at radius 3 is 2.39 bits per heavy atom. The summed E-state index contributed by atoms with van der Waals surface area (Å²) in [5.74, 6) is 1.54. The molecule has 2 amide bonds. The van der Waals surface area contributed by atoms with E-state index in [-0.39, 0.29) is 18.4 Å². The van der Waals surface area contributed by atoms with Crippen LogP contribution < -0.4 is 0 Å². The number of carbonyl (C=O) groups is 2. The highest BCUT2D eigenvalue weighted by Crippen LogP contribution is 2.14. The normalized spacial score (nSPS) is 14.2. The standard InChI is InChI=1S/C26H37N3O4/c1-3-4-10-25(30)28(14-13-27-15-17-32-18-16-27)21-26(31)29(19-23-8-6-5-7-9-23)20-24-12-11-22(2)33-24/h5-9,11-12H,3-4,10,13-21H2,1-2H3. The summed E-state index contributed by atoms with van der Waals surface area (Å²) in [4.78, 5) is 32.2. The summed E-state index contributed by atoms with van der Waals surface area (Å²) in [6.45, 7) is 9.37. The highest BCUT2D eigenvalue weighted by molar-refractivity contribution is 5.84. The van der Waals surface area contributed by atoms with Gasteiger partial charge in [0, 0.05) is 39.1 Å². The average molecular weight is 456 g/mol. The molecule has 7 heteroatoms. The van der Waals surface area contributed by atoms with Gasteiger partial charge in [0.1, 0.15) is 11.5 Å². The van der Waals surface area contributed by atoms with Gasteiger partial charge >= 0.3 is 0 Å². The van der Waals surface area contributed by atoms with Crippen molar-refractivity contribution in [1.29, 1.82) is 0 Å². The van der Waals surface area contributed by atoms with Gasteiger partial charge in [0.15, 0.2) is 0 Å². The van der Waals surface area contributed by atoms with Crippen molar-refractivity contribution < 1.29 is 18.7 Å². The molecular formula is C26H37N3O4. The monoisotopic (exact) mass is 455 g/mol. The molecule has 3 rings (SSSR count). The van der Waals surface area contributed by atoms with Crippen molar-refractivity contribution in [2.24, 2.45) is 0 Å². The van der Waals surface area contributed by atoms with Crippen molar-refractivity contribution in [1.82, 2.24) is 14.7 Å². The third-order valence-corrected chi connectivity index (χ3v) is 5.92. The van der Waals surface area contributed by atoms with Crippen LogP contribution in [0, 0.1) is 6.92 Å². The minimum atomic E-state index is -0.0697. The molecule has 33 heavy (non-hydrogen) atoms. The zero-order chi connectivity index (χ0) is 23.5. The molecule has 1 aliphatic rings. The van der Waals surface area contributed by atoms with Crippen molar-refractivity contribution >= 4 is 11.8 Å². The first-order chi connectivity index (χ1) is 16.0. The molecule has 0 spiro atoms. The zero-order valence-corrected chi connectivity index (χ0v) is 20.0. The van der Waals surface area contributed by atoms with E-state index in [2.05, 4.69) is 11.8 Å². The molecule has 0 N–H and O–H groups in total. The van der Waals surface area contributed by atoms with Gasteiger partial charge in [-0.2, -0.15) is 0 Å². The van der Waals surface area contributed by atoms with Crippen LogP contribution in [0.4, 0.5) is 0 Å². The molecule has 0 bridgehead atoms. The van der Waals surface area contributed by atoms with E-state index < -0.39 is 0 Å². The lowest BCUT2D eigenvalue weighted by molar-refractivity contribution is -0.141. The SMILES string of the molecule is CCCCC(=O)N(CCN1CCOCC1)CC(=O)N(Cc1ccccc1)Cc1ccc(C)o1. The summed E-state index contributed by atoms with van der Waals surface area (Å²) in [5, 5.41) is 0. The van der Waals surface area contributed by atoms with Crippen LogP contribution in [0.5, 0.6) is 0 Å². The fourth-order valence-corrected chi connectivity index (χ4v) is 3.92. The quantitative estimate of drug-likeness (QED) is 0.490. The first-order valence-corrected chi connectivity index (χ1v) is 12.0. The fraction of sp³-hybridized carbons (Fsp3) is 0.538. The van der Waals surface area contributed by atoms with E-state index in [0.717, 1.165) is 62.8 Å². The molecule has 1 fully saturated rings. The Hall–Kier alpha value is -2.64. The fourth-order valence-electron chi connectivity index (χ4n) is 3.92. The molecule has 1 aliphatic heterocycles. The number of nitrogens with zero attached hydrogens (tertiary/aromatic N) is 3. The summed E-state index contributed by atoms with van der Waals surface area (Å²) in [7, 11) is 0. The second-order valence-electron chi connectivity index (χ2n) is 8.62. The number of hydrogen-bond acceptors (Lipinski definition) is 5.